The van der Waals surface area contributed by atoms with Gasteiger partial charge in [0.1, 0.15) is 5.56 Å². The van der Waals surface area contributed by atoms with Gasteiger partial charge in [-0.1, -0.05) is 12.1 Å². The Labute approximate surface area is 167 Å². The molecule has 2 amide bonds. The Morgan fingerprint density at radius 3 is 2.28 bits per heavy atom. The van der Waals surface area contributed by atoms with Gasteiger partial charge in [0, 0.05) is 35.7 Å². The summed E-state index contributed by atoms with van der Waals surface area (Å²) >= 11 is 0. The third kappa shape index (κ3) is 4.67. The Morgan fingerprint density at radius 2 is 1.62 bits per heavy atom. The molecule has 2 N–H and O–H groups in total. The Morgan fingerprint density at radius 1 is 0.931 bits per heavy atom. The summed E-state index contributed by atoms with van der Waals surface area (Å²) < 4.78 is 6.58. The summed E-state index contributed by atoms with van der Waals surface area (Å²) in [7, 11) is 3.14. The van der Waals surface area contributed by atoms with Crippen LogP contribution >= 0.6 is 0 Å². The van der Waals surface area contributed by atoms with E-state index in [9.17, 15) is 14.4 Å². The number of methoxy groups -OCH3 is 1. The van der Waals surface area contributed by atoms with E-state index >= 15 is 0 Å². The molecule has 8 heteroatoms. The zero-order valence-corrected chi connectivity index (χ0v) is 16.2. The number of ether oxygens (including phenoxy) is 1. The molecular weight excluding hydrogens is 372 g/mol. The van der Waals surface area contributed by atoms with Crippen LogP contribution in [0.15, 0.2) is 54.7 Å². The van der Waals surface area contributed by atoms with Crippen molar-refractivity contribution >= 4 is 29.0 Å². The minimum Gasteiger partial charge on any atom is -0.479 e. The summed E-state index contributed by atoms with van der Waals surface area (Å²) in [5.74, 6) is -0.536. The highest BCUT2D eigenvalue weighted by Gasteiger charge is 2.16. The maximum Gasteiger partial charge on any atom is 0.262 e. The third-order valence-electron chi connectivity index (χ3n) is 4.16. The van der Waals surface area contributed by atoms with Crippen molar-refractivity contribution in [3.05, 3.63) is 71.4 Å². The number of aromatic nitrogens is 2. The third-order valence-corrected chi connectivity index (χ3v) is 4.16. The number of carbonyl (C=O) groups excluding carboxylic acids is 3. The van der Waals surface area contributed by atoms with E-state index in [2.05, 4.69) is 15.7 Å². The highest BCUT2D eigenvalue weighted by Crippen LogP contribution is 2.18. The lowest BCUT2D eigenvalue weighted by Crippen LogP contribution is -2.14. The normalized spacial score (nSPS) is 10.3. The number of aryl methyl sites for hydroxylation is 1. The average molecular weight is 392 g/mol. The zero-order chi connectivity index (χ0) is 21.0. The lowest BCUT2D eigenvalue weighted by Gasteiger charge is -2.08. The standard InChI is InChI=1S/C21H20N4O4/c1-13(26)15-5-4-6-17(11-15)23-19(27)14-7-9-16(10-8-14)22-20(28)18-12-25(2)24-21(18)29-3/h4-12H,1-3H3,(H,22,28)(H,23,27). The van der Waals surface area contributed by atoms with Crippen molar-refractivity contribution in [2.24, 2.45) is 7.05 Å². The van der Waals surface area contributed by atoms with E-state index in [0.29, 0.717) is 28.1 Å². The van der Waals surface area contributed by atoms with Crippen molar-refractivity contribution in [2.45, 2.75) is 6.92 Å². The van der Waals surface area contributed by atoms with Gasteiger partial charge in [-0.25, -0.2) is 0 Å². The summed E-state index contributed by atoms with van der Waals surface area (Å²) in [6.45, 7) is 1.47. The van der Waals surface area contributed by atoms with Crippen LogP contribution in [0.25, 0.3) is 0 Å². The molecule has 0 unspecified atom stereocenters. The van der Waals surface area contributed by atoms with Gasteiger partial charge in [0.25, 0.3) is 11.8 Å². The quantitative estimate of drug-likeness (QED) is 0.628. The molecule has 3 rings (SSSR count). The van der Waals surface area contributed by atoms with Gasteiger partial charge >= 0.3 is 0 Å². The first-order chi connectivity index (χ1) is 13.9. The predicted octanol–water partition coefficient (Wildman–Crippen LogP) is 3.14. The molecule has 1 aromatic heterocycles. The van der Waals surface area contributed by atoms with Gasteiger partial charge in [0.15, 0.2) is 5.78 Å². The number of nitrogens with one attached hydrogen (secondary N) is 2. The number of anilines is 2. The van der Waals surface area contributed by atoms with Gasteiger partial charge in [-0.05, 0) is 43.3 Å². The van der Waals surface area contributed by atoms with Gasteiger partial charge in [0.05, 0.1) is 7.11 Å². The van der Waals surface area contributed by atoms with Crippen molar-refractivity contribution in [1.29, 1.82) is 0 Å². The van der Waals surface area contributed by atoms with E-state index in [1.54, 1.807) is 61.8 Å². The van der Waals surface area contributed by atoms with E-state index in [1.165, 1.54) is 18.7 Å². The molecule has 0 atom stereocenters. The molecule has 3 aromatic rings. The van der Waals surface area contributed by atoms with Crippen molar-refractivity contribution < 1.29 is 19.1 Å². The van der Waals surface area contributed by atoms with Gasteiger partial charge in [0.2, 0.25) is 5.88 Å². The Balaban J connectivity index is 1.68. The topological polar surface area (TPSA) is 102 Å². The molecule has 29 heavy (non-hydrogen) atoms. The fourth-order valence-electron chi connectivity index (χ4n) is 2.70. The maximum atomic E-state index is 12.4. The Bertz CT molecular complexity index is 1070. The van der Waals surface area contributed by atoms with Crippen LogP contribution in [0.1, 0.15) is 38.0 Å². The fraction of sp³-hybridized carbons (Fsp3) is 0.143. The molecule has 1 heterocycles. The van der Waals surface area contributed by atoms with Crippen molar-refractivity contribution in [3.8, 4) is 5.88 Å². The van der Waals surface area contributed by atoms with Crippen LogP contribution in [-0.4, -0.2) is 34.5 Å². The summed E-state index contributed by atoms with van der Waals surface area (Å²) in [4.78, 5) is 36.3. The number of amides is 2. The van der Waals surface area contributed by atoms with Crippen molar-refractivity contribution in [1.82, 2.24) is 9.78 Å². The molecule has 148 valence electrons. The molecule has 0 saturated heterocycles. The lowest BCUT2D eigenvalue weighted by molar-refractivity contribution is 0.101. The van der Waals surface area contributed by atoms with Gasteiger partial charge in [-0.2, -0.15) is 0 Å². The van der Waals surface area contributed by atoms with E-state index in [4.69, 9.17) is 4.74 Å². The van der Waals surface area contributed by atoms with Crippen molar-refractivity contribution in [3.63, 3.8) is 0 Å². The fourth-order valence-corrected chi connectivity index (χ4v) is 2.70. The van der Waals surface area contributed by atoms with Crippen LogP contribution in [0.4, 0.5) is 11.4 Å². The second-order valence-electron chi connectivity index (χ2n) is 6.35. The van der Waals surface area contributed by atoms with E-state index in [0.717, 1.165) is 0 Å². The first-order valence-corrected chi connectivity index (χ1v) is 8.79. The average Bonchev–Trinajstić information content (AvgIpc) is 3.09. The SMILES string of the molecule is COc1nn(C)cc1C(=O)Nc1ccc(C(=O)Nc2cccc(C(C)=O)c2)cc1. The van der Waals surface area contributed by atoms with Crippen LogP contribution in [0, 0.1) is 0 Å². The second kappa shape index (κ2) is 8.39. The second-order valence-corrected chi connectivity index (χ2v) is 6.35. The van der Waals surface area contributed by atoms with Crippen LogP contribution < -0.4 is 15.4 Å². The number of hydrogen-bond donors (Lipinski definition) is 2. The van der Waals surface area contributed by atoms with Gasteiger partial charge < -0.3 is 15.4 Å². The molecule has 0 aliphatic rings. The molecule has 0 aliphatic carbocycles. The van der Waals surface area contributed by atoms with Crippen LogP contribution in [0.2, 0.25) is 0 Å². The number of ketones is 1. The number of rotatable bonds is 6. The van der Waals surface area contributed by atoms with Crippen LogP contribution in [-0.2, 0) is 7.05 Å². The number of nitrogens with zero attached hydrogens (tertiary/aromatic N) is 2. The van der Waals surface area contributed by atoms with Gasteiger partial charge in [-0.15, -0.1) is 5.10 Å². The number of benzene rings is 2. The van der Waals surface area contributed by atoms with E-state index in [-0.39, 0.29) is 23.5 Å². The van der Waals surface area contributed by atoms with Crippen LogP contribution in [0.3, 0.4) is 0 Å². The van der Waals surface area contributed by atoms with E-state index < -0.39 is 0 Å². The smallest absolute Gasteiger partial charge is 0.262 e. The Hall–Kier alpha value is -3.94. The molecule has 0 saturated carbocycles. The molecule has 8 nitrogen and oxygen atoms in total. The lowest BCUT2D eigenvalue weighted by atomic mass is 10.1. The Kier molecular flexibility index (Phi) is 5.73. The summed E-state index contributed by atoms with van der Waals surface area (Å²) in [5.41, 5.74) is 2.30. The largest absolute Gasteiger partial charge is 0.479 e. The van der Waals surface area contributed by atoms with E-state index in [1.807, 2.05) is 0 Å². The number of carbonyl (C=O) groups is 3. The minimum absolute atomic E-state index is 0.0774. The molecule has 0 spiro atoms. The van der Waals surface area contributed by atoms with Gasteiger partial charge in [-0.3, -0.25) is 19.1 Å². The molecule has 0 radical (unpaired) electrons. The molecule has 2 aromatic carbocycles. The summed E-state index contributed by atoms with van der Waals surface area (Å²) in [6, 6.07) is 13.2. The van der Waals surface area contributed by atoms with Crippen molar-refractivity contribution in [2.75, 3.05) is 17.7 Å². The summed E-state index contributed by atoms with van der Waals surface area (Å²) in [6.07, 6.45) is 1.56. The number of Topliss-reactive ketones (excluding diaryl/α,β-unsaturated/α-hetero) is 1. The first-order valence-electron chi connectivity index (χ1n) is 8.79. The minimum atomic E-state index is -0.367. The highest BCUT2D eigenvalue weighted by molar-refractivity contribution is 6.07. The molecule has 0 fully saturated rings. The summed E-state index contributed by atoms with van der Waals surface area (Å²) in [5, 5.41) is 9.54. The number of hydrogen-bond acceptors (Lipinski definition) is 5. The highest BCUT2D eigenvalue weighted by atomic mass is 16.5. The monoisotopic (exact) mass is 392 g/mol. The maximum absolute atomic E-state index is 12.4. The molecular formula is C21H20N4O4. The molecule has 0 aliphatic heterocycles. The molecule has 0 bridgehead atoms. The predicted molar refractivity (Wildman–Crippen MR) is 109 cm³/mol. The first kappa shape index (κ1) is 19.8. The zero-order valence-electron chi connectivity index (χ0n) is 16.2. The van der Waals surface area contributed by atoms with Crippen LogP contribution in [0.5, 0.6) is 5.88 Å².